The van der Waals surface area contributed by atoms with Crippen LogP contribution in [-0.4, -0.2) is 6.67 Å². The molecule has 1 nitrogen and oxygen atoms in total. The van der Waals surface area contributed by atoms with Crippen LogP contribution in [0.25, 0.3) is 6.08 Å². The zero-order chi connectivity index (χ0) is 24.0. The van der Waals surface area contributed by atoms with Crippen LogP contribution in [0.2, 0.25) is 0 Å². The third-order valence-electron chi connectivity index (χ3n) is 6.07. The van der Waals surface area contributed by atoms with Crippen molar-refractivity contribution in [3.05, 3.63) is 70.8 Å². The number of unbranched alkanes of at least 4 members (excludes halogenated alkanes) is 1. The summed E-state index contributed by atoms with van der Waals surface area (Å²) < 4.78 is 99.7. The Hall–Kier alpha value is -2.51. The maximum Gasteiger partial charge on any atom is 0.432 e. The molecule has 3 rings (SSSR count). The van der Waals surface area contributed by atoms with Gasteiger partial charge in [0, 0.05) is 6.08 Å². The van der Waals surface area contributed by atoms with Crippen LogP contribution >= 0.6 is 0 Å². The van der Waals surface area contributed by atoms with E-state index in [0.717, 1.165) is 62.1 Å². The van der Waals surface area contributed by atoms with Gasteiger partial charge in [0.2, 0.25) is 0 Å². The predicted molar refractivity (Wildman–Crippen MR) is 112 cm³/mol. The Balaban J connectivity index is 1.69. The molecule has 0 unspecified atom stereocenters. The van der Waals surface area contributed by atoms with Crippen molar-refractivity contribution in [3.63, 3.8) is 0 Å². The maximum atomic E-state index is 14.6. The third kappa shape index (κ3) is 6.74. The lowest BCUT2D eigenvalue weighted by Gasteiger charge is -2.29. The van der Waals surface area contributed by atoms with Crippen molar-refractivity contribution in [1.82, 2.24) is 0 Å². The Labute approximate surface area is 188 Å². The summed E-state index contributed by atoms with van der Waals surface area (Å²) in [5.41, 5.74) is -1.11. The van der Waals surface area contributed by atoms with Crippen LogP contribution in [0.5, 0.6) is 5.75 Å². The molecule has 1 aliphatic carbocycles. The average Bonchev–Trinajstić information content (AvgIpc) is 2.74. The van der Waals surface area contributed by atoms with E-state index in [4.69, 9.17) is 0 Å². The summed E-state index contributed by atoms with van der Waals surface area (Å²) in [4.78, 5) is 0. The number of alkyl halides is 3. The monoisotopic (exact) mass is 474 g/mol. The van der Waals surface area contributed by atoms with Crippen LogP contribution in [0.15, 0.2) is 42.5 Å². The molecule has 0 spiro atoms. The summed E-state index contributed by atoms with van der Waals surface area (Å²) in [6, 6.07) is 6.13. The molecule has 0 saturated heterocycles. The Morgan fingerprint density at radius 2 is 1.55 bits per heavy atom. The molecule has 8 heteroatoms. The molecule has 2 aromatic carbocycles. The highest BCUT2D eigenvalue weighted by molar-refractivity contribution is 5.51. The van der Waals surface area contributed by atoms with Gasteiger partial charge in [-0.05, 0) is 79.3 Å². The van der Waals surface area contributed by atoms with E-state index in [2.05, 4.69) is 4.74 Å². The van der Waals surface area contributed by atoms with Crippen molar-refractivity contribution in [3.8, 4) is 5.75 Å². The van der Waals surface area contributed by atoms with Crippen LogP contribution in [0.1, 0.15) is 67.6 Å². The number of rotatable bonds is 9. The molecule has 0 heterocycles. The number of halogens is 7. The Morgan fingerprint density at radius 1 is 0.939 bits per heavy atom. The summed E-state index contributed by atoms with van der Waals surface area (Å²) in [5.74, 6) is -2.92. The van der Waals surface area contributed by atoms with Gasteiger partial charge >= 0.3 is 6.11 Å². The van der Waals surface area contributed by atoms with Gasteiger partial charge < -0.3 is 4.74 Å². The van der Waals surface area contributed by atoms with Crippen LogP contribution < -0.4 is 4.74 Å². The topological polar surface area (TPSA) is 9.23 Å². The third-order valence-corrected chi connectivity index (χ3v) is 6.07. The fourth-order valence-electron chi connectivity index (χ4n) is 4.38. The van der Waals surface area contributed by atoms with Gasteiger partial charge in [0.25, 0.3) is 6.08 Å². The average molecular weight is 474 g/mol. The smallest absolute Gasteiger partial charge is 0.429 e. The summed E-state index contributed by atoms with van der Waals surface area (Å²) in [6.07, 6.45) is -0.391. The van der Waals surface area contributed by atoms with Crippen molar-refractivity contribution < 1.29 is 35.5 Å². The fourth-order valence-corrected chi connectivity index (χ4v) is 4.38. The molecular weight excluding hydrogens is 449 g/mol. The second-order valence-electron chi connectivity index (χ2n) is 8.38. The maximum absolute atomic E-state index is 14.6. The molecule has 180 valence electrons. The highest BCUT2D eigenvalue weighted by atomic mass is 19.3. The molecule has 1 aliphatic rings. The molecule has 0 amide bonds. The minimum absolute atomic E-state index is 0.0597. The summed E-state index contributed by atoms with van der Waals surface area (Å²) >= 11 is 0. The van der Waals surface area contributed by atoms with Gasteiger partial charge in [0.1, 0.15) is 22.9 Å². The Bertz CT molecular complexity index is 921. The Morgan fingerprint density at radius 3 is 2.09 bits per heavy atom. The van der Waals surface area contributed by atoms with Crippen molar-refractivity contribution in [2.75, 3.05) is 6.67 Å². The van der Waals surface area contributed by atoms with Gasteiger partial charge in [-0.2, -0.15) is 17.6 Å². The van der Waals surface area contributed by atoms with E-state index in [0.29, 0.717) is 36.8 Å². The second-order valence-corrected chi connectivity index (χ2v) is 8.38. The van der Waals surface area contributed by atoms with E-state index in [-0.39, 0.29) is 18.2 Å². The molecule has 1 saturated carbocycles. The normalized spacial score (nSPS) is 18.8. The lowest BCUT2D eigenvalue weighted by molar-refractivity contribution is -0.189. The van der Waals surface area contributed by atoms with E-state index in [1.165, 1.54) is 0 Å². The first-order valence-electron chi connectivity index (χ1n) is 10.9. The van der Waals surface area contributed by atoms with E-state index >= 15 is 0 Å². The van der Waals surface area contributed by atoms with Gasteiger partial charge in [-0.25, -0.2) is 8.78 Å². The molecule has 1 fully saturated rings. The molecule has 0 atom stereocenters. The standard InChI is InChI=1S/C25H25F7O/c26-12-2-1-3-16-4-8-18(9-5-16)19-14-21(27)24(22(28)15-19)25(31,32)33-20-10-6-17(7-11-20)13-23(29)30/h6-7,10-11,13-16,18H,1-5,8-9,12H2. The van der Waals surface area contributed by atoms with Gasteiger partial charge in [0.15, 0.2) is 0 Å². The molecule has 0 bridgehead atoms. The van der Waals surface area contributed by atoms with E-state index in [1.54, 1.807) is 0 Å². The van der Waals surface area contributed by atoms with Crippen LogP contribution in [-0.2, 0) is 6.11 Å². The zero-order valence-electron chi connectivity index (χ0n) is 17.9. The van der Waals surface area contributed by atoms with E-state index < -0.39 is 35.1 Å². The lowest BCUT2D eigenvalue weighted by atomic mass is 9.77. The predicted octanol–water partition coefficient (Wildman–Crippen LogP) is 8.74. The van der Waals surface area contributed by atoms with Crippen molar-refractivity contribution >= 4 is 6.08 Å². The van der Waals surface area contributed by atoms with Crippen LogP contribution in [0, 0.1) is 17.6 Å². The van der Waals surface area contributed by atoms with Crippen LogP contribution in [0.3, 0.4) is 0 Å². The minimum Gasteiger partial charge on any atom is -0.429 e. The summed E-state index contributed by atoms with van der Waals surface area (Å²) in [5, 5.41) is 0. The number of ether oxygens (including phenoxy) is 1. The molecule has 33 heavy (non-hydrogen) atoms. The van der Waals surface area contributed by atoms with Crippen molar-refractivity contribution in [1.29, 1.82) is 0 Å². The molecule has 0 radical (unpaired) electrons. The summed E-state index contributed by atoms with van der Waals surface area (Å²) in [6.45, 7) is -0.337. The highest BCUT2D eigenvalue weighted by Crippen LogP contribution is 2.41. The fraction of sp³-hybridized carbons (Fsp3) is 0.440. The van der Waals surface area contributed by atoms with Crippen molar-refractivity contribution in [2.24, 2.45) is 5.92 Å². The van der Waals surface area contributed by atoms with Gasteiger partial charge in [-0.1, -0.05) is 25.0 Å². The number of hydrogen-bond acceptors (Lipinski definition) is 1. The summed E-state index contributed by atoms with van der Waals surface area (Å²) in [7, 11) is 0. The second kappa shape index (κ2) is 11.1. The minimum atomic E-state index is -4.30. The van der Waals surface area contributed by atoms with Gasteiger partial charge in [-0.15, -0.1) is 0 Å². The van der Waals surface area contributed by atoms with E-state index in [1.807, 2.05) is 0 Å². The molecule has 0 aromatic heterocycles. The number of hydrogen-bond donors (Lipinski definition) is 0. The highest BCUT2D eigenvalue weighted by Gasteiger charge is 2.41. The molecule has 0 aliphatic heterocycles. The molecule has 0 N–H and O–H groups in total. The largest absolute Gasteiger partial charge is 0.432 e. The molecule has 2 aromatic rings. The van der Waals surface area contributed by atoms with Gasteiger partial charge in [0.05, 0.1) is 6.67 Å². The first kappa shape index (κ1) is 25.1. The Kier molecular flexibility index (Phi) is 8.43. The lowest BCUT2D eigenvalue weighted by Crippen LogP contribution is -2.25. The first-order chi connectivity index (χ1) is 15.7. The first-order valence-corrected chi connectivity index (χ1v) is 10.9. The van der Waals surface area contributed by atoms with E-state index in [9.17, 15) is 30.7 Å². The quantitative estimate of drug-likeness (QED) is 0.261. The zero-order valence-corrected chi connectivity index (χ0v) is 17.9. The van der Waals surface area contributed by atoms with Crippen molar-refractivity contribution in [2.45, 2.75) is 57.0 Å². The SMILES string of the molecule is FCCCCC1CCC(c2cc(F)c(C(F)(F)Oc3ccc(C=C(F)F)cc3)c(F)c2)CC1. The molecular formula is C25H25F7O. The number of benzene rings is 2. The van der Waals surface area contributed by atoms with Crippen LogP contribution in [0.4, 0.5) is 30.7 Å². The van der Waals surface area contributed by atoms with Gasteiger partial charge in [-0.3, -0.25) is 4.39 Å².